The quantitative estimate of drug-likeness (QED) is 0.299. The second-order valence-corrected chi connectivity index (χ2v) is 8.95. The van der Waals surface area contributed by atoms with Gasteiger partial charge in [-0.2, -0.15) is 5.10 Å². The molecule has 0 aromatic carbocycles. The molecule has 36 heavy (non-hydrogen) atoms. The van der Waals surface area contributed by atoms with Crippen LogP contribution in [-0.4, -0.2) is 41.0 Å². The third-order valence-corrected chi connectivity index (χ3v) is 5.79. The van der Waals surface area contributed by atoms with Gasteiger partial charge in [0.25, 0.3) is 0 Å². The Morgan fingerprint density at radius 2 is 1.94 bits per heavy atom. The number of rotatable bonds is 6. The minimum atomic E-state index is -0.0381. The van der Waals surface area contributed by atoms with E-state index in [4.69, 9.17) is 9.40 Å². The number of anilines is 1. The lowest BCUT2D eigenvalue weighted by Crippen LogP contribution is -2.13. The van der Waals surface area contributed by atoms with Crippen LogP contribution in [0.3, 0.4) is 0 Å². The fraction of sp³-hybridized carbons (Fsp3) is 0.154. The molecular weight excluding hydrogens is 456 g/mol. The van der Waals surface area contributed by atoms with Crippen LogP contribution in [-0.2, 0) is 4.79 Å². The molecule has 0 saturated carbocycles. The highest BCUT2D eigenvalue weighted by atomic mass is 16.3. The van der Waals surface area contributed by atoms with Gasteiger partial charge in [0.05, 0.1) is 35.3 Å². The van der Waals surface area contributed by atoms with E-state index < -0.39 is 0 Å². The monoisotopic (exact) mass is 478 g/mol. The van der Waals surface area contributed by atoms with Gasteiger partial charge in [-0.15, -0.1) is 0 Å². The van der Waals surface area contributed by atoms with Crippen molar-refractivity contribution in [1.29, 1.82) is 0 Å². The summed E-state index contributed by atoms with van der Waals surface area (Å²) in [7, 11) is 0. The van der Waals surface area contributed by atoms with Crippen LogP contribution in [0.4, 0.5) is 5.69 Å². The summed E-state index contributed by atoms with van der Waals surface area (Å²) in [5.74, 6) is 0.835. The van der Waals surface area contributed by atoms with Gasteiger partial charge in [0, 0.05) is 41.7 Å². The van der Waals surface area contributed by atoms with Crippen molar-refractivity contribution >= 4 is 33.7 Å². The van der Waals surface area contributed by atoms with E-state index in [1.165, 1.54) is 0 Å². The van der Waals surface area contributed by atoms with Crippen molar-refractivity contribution in [1.82, 2.24) is 35.1 Å². The van der Waals surface area contributed by atoms with Gasteiger partial charge < -0.3 is 14.7 Å². The Morgan fingerprint density at radius 3 is 2.78 bits per heavy atom. The van der Waals surface area contributed by atoms with Crippen LogP contribution in [0.25, 0.3) is 56.0 Å². The van der Waals surface area contributed by atoms with Gasteiger partial charge in [-0.3, -0.25) is 19.9 Å². The van der Waals surface area contributed by atoms with E-state index in [2.05, 4.69) is 35.5 Å². The van der Waals surface area contributed by atoms with Gasteiger partial charge in [0.2, 0.25) is 5.91 Å². The minimum Gasteiger partial charge on any atom is -0.472 e. The zero-order valence-corrected chi connectivity index (χ0v) is 19.6. The number of hydrogen-bond donors (Lipinski definition) is 3. The number of H-pyrrole nitrogens is 2. The van der Waals surface area contributed by atoms with Crippen LogP contribution in [0, 0.1) is 5.92 Å². The first-order valence-corrected chi connectivity index (χ1v) is 11.5. The molecule has 6 aromatic heterocycles. The summed E-state index contributed by atoms with van der Waals surface area (Å²) in [6.45, 7) is 4.02. The van der Waals surface area contributed by atoms with Gasteiger partial charge in [-0.25, -0.2) is 9.97 Å². The first-order valence-electron chi connectivity index (χ1n) is 11.5. The number of hydrogen-bond acceptors (Lipinski definition) is 7. The lowest BCUT2D eigenvalue weighted by atomic mass is 10.1. The van der Waals surface area contributed by atoms with E-state index in [0.717, 1.165) is 38.8 Å². The molecule has 10 nitrogen and oxygen atoms in total. The van der Waals surface area contributed by atoms with Crippen molar-refractivity contribution in [2.75, 3.05) is 5.32 Å². The molecule has 6 heterocycles. The smallest absolute Gasteiger partial charge is 0.224 e. The summed E-state index contributed by atoms with van der Waals surface area (Å²) in [4.78, 5) is 33.7. The van der Waals surface area contributed by atoms with Gasteiger partial charge in [-0.1, -0.05) is 13.8 Å². The van der Waals surface area contributed by atoms with Gasteiger partial charge in [0.15, 0.2) is 11.5 Å². The van der Waals surface area contributed by atoms with Crippen LogP contribution in [0.2, 0.25) is 0 Å². The van der Waals surface area contributed by atoms with E-state index in [1.807, 2.05) is 38.1 Å². The number of furan rings is 1. The first kappa shape index (κ1) is 21.7. The Labute approximate surface area is 205 Å². The molecule has 0 aliphatic rings. The fourth-order valence-corrected chi connectivity index (χ4v) is 4.15. The summed E-state index contributed by atoms with van der Waals surface area (Å²) >= 11 is 0. The minimum absolute atomic E-state index is 0.0381. The molecule has 6 aromatic rings. The molecule has 0 atom stereocenters. The Kier molecular flexibility index (Phi) is 5.25. The van der Waals surface area contributed by atoms with Crippen LogP contribution in [0.15, 0.2) is 66.0 Å². The molecule has 0 fully saturated rings. The van der Waals surface area contributed by atoms with Crippen molar-refractivity contribution in [2.45, 2.75) is 20.3 Å². The second-order valence-electron chi connectivity index (χ2n) is 8.95. The SMILES string of the molecule is CC(C)CC(=O)Nc1cncc(-c2cnc3[nH]nc(-c4nc5c(-c6ccoc6)nccc5[nH]4)c3c2)c1. The second kappa shape index (κ2) is 8.73. The summed E-state index contributed by atoms with van der Waals surface area (Å²) in [6, 6.07) is 7.60. The van der Waals surface area contributed by atoms with Crippen molar-refractivity contribution in [3.05, 3.63) is 61.6 Å². The average molecular weight is 479 g/mol. The summed E-state index contributed by atoms with van der Waals surface area (Å²) in [5.41, 5.74) is 6.73. The van der Waals surface area contributed by atoms with Gasteiger partial charge in [0.1, 0.15) is 16.9 Å². The Bertz CT molecular complexity index is 1700. The molecule has 3 N–H and O–H groups in total. The zero-order valence-electron chi connectivity index (χ0n) is 19.6. The molecule has 0 aliphatic carbocycles. The topological polar surface area (TPSA) is 138 Å². The highest BCUT2D eigenvalue weighted by Crippen LogP contribution is 2.32. The lowest BCUT2D eigenvalue weighted by Gasteiger charge is -2.08. The van der Waals surface area contributed by atoms with Crippen LogP contribution >= 0.6 is 0 Å². The Balaban J connectivity index is 1.38. The van der Waals surface area contributed by atoms with Crippen LogP contribution in [0.5, 0.6) is 0 Å². The Hall–Kier alpha value is -4.86. The maximum Gasteiger partial charge on any atom is 0.224 e. The molecule has 0 bridgehead atoms. The summed E-state index contributed by atoms with van der Waals surface area (Å²) < 4.78 is 5.22. The van der Waals surface area contributed by atoms with E-state index in [9.17, 15) is 4.79 Å². The largest absolute Gasteiger partial charge is 0.472 e. The van der Waals surface area contributed by atoms with Crippen molar-refractivity contribution in [2.24, 2.45) is 5.92 Å². The average Bonchev–Trinajstić information content (AvgIpc) is 3.62. The van der Waals surface area contributed by atoms with Crippen LogP contribution in [0.1, 0.15) is 20.3 Å². The number of aromatic amines is 2. The predicted molar refractivity (Wildman–Crippen MR) is 136 cm³/mol. The van der Waals surface area contributed by atoms with E-state index in [-0.39, 0.29) is 11.8 Å². The number of imidazole rings is 1. The normalized spacial score (nSPS) is 11.5. The van der Waals surface area contributed by atoms with E-state index in [0.29, 0.717) is 29.3 Å². The lowest BCUT2D eigenvalue weighted by molar-refractivity contribution is -0.116. The third-order valence-electron chi connectivity index (χ3n) is 5.79. The number of fused-ring (bicyclic) bond motifs is 2. The molecule has 10 heteroatoms. The molecule has 178 valence electrons. The molecular formula is C26H22N8O2. The highest BCUT2D eigenvalue weighted by Gasteiger charge is 2.17. The molecule has 0 aliphatic heterocycles. The van der Waals surface area contributed by atoms with Gasteiger partial charge in [-0.05, 0) is 30.2 Å². The number of aromatic nitrogens is 7. The van der Waals surface area contributed by atoms with Crippen molar-refractivity contribution in [3.63, 3.8) is 0 Å². The van der Waals surface area contributed by atoms with Gasteiger partial charge >= 0.3 is 0 Å². The molecule has 0 spiro atoms. The van der Waals surface area contributed by atoms with E-state index in [1.54, 1.807) is 37.3 Å². The van der Waals surface area contributed by atoms with Crippen molar-refractivity contribution < 1.29 is 9.21 Å². The Morgan fingerprint density at radius 1 is 1.06 bits per heavy atom. The first-order chi connectivity index (χ1) is 17.5. The zero-order chi connectivity index (χ0) is 24.6. The number of carbonyl (C=O) groups excluding carboxylic acids is 1. The maximum absolute atomic E-state index is 12.2. The molecule has 0 saturated heterocycles. The summed E-state index contributed by atoms with van der Waals surface area (Å²) in [6.07, 6.45) is 10.6. The standard InChI is InChI=1S/C26H22N8O2/c1-14(2)7-21(35)30-18-8-16(10-27-12-18)17-9-19-23(33-34-25(19)29-11-17)26-31-20-3-5-28-22(24(20)32-26)15-4-6-36-13-15/h3-6,8-14H,7H2,1-2H3,(H,30,35)(H,31,32)(H,29,33,34). The number of nitrogens with one attached hydrogen (secondary N) is 3. The van der Waals surface area contributed by atoms with Crippen molar-refractivity contribution in [3.8, 4) is 33.9 Å². The molecule has 0 radical (unpaired) electrons. The number of pyridine rings is 3. The third kappa shape index (κ3) is 3.98. The molecule has 0 unspecified atom stereocenters. The highest BCUT2D eigenvalue weighted by molar-refractivity contribution is 5.96. The predicted octanol–water partition coefficient (Wildman–Crippen LogP) is 5.20. The summed E-state index contributed by atoms with van der Waals surface area (Å²) in [5, 5.41) is 11.2. The molecule has 1 amide bonds. The van der Waals surface area contributed by atoms with E-state index >= 15 is 0 Å². The number of amides is 1. The maximum atomic E-state index is 12.2. The fourth-order valence-electron chi connectivity index (χ4n) is 4.15. The number of nitrogens with zero attached hydrogens (tertiary/aromatic N) is 5. The number of carbonyl (C=O) groups is 1. The van der Waals surface area contributed by atoms with Crippen LogP contribution < -0.4 is 5.32 Å². The molecule has 6 rings (SSSR count).